The molecule has 118 valence electrons. The predicted molar refractivity (Wildman–Crippen MR) is 95.5 cm³/mol. The molecule has 0 radical (unpaired) electrons. The van der Waals surface area contributed by atoms with Crippen molar-refractivity contribution in [3.8, 4) is 11.1 Å². The highest BCUT2D eigenvalue weighted by atomic mass is 32.1. The molecular weight excluding hydrogens is 318 g/mol. The van der Waals surface area contributed by atoms with Crippen LogP contribution in [0.5, 0.6) is 0 Å². The number of fused-ring (bicyclic) bond motifs is 3. The lowest BCUT2D eigenvalue weighted by molar-refractivity contribution is 0.0940. The number of thiophene rings is 1. The molecular formula is C20H15NO2S. The minimum Gasteiger partial charge on any atom is -0.345 e. The molecule has 3 nitrogen and oxygen atoms in total. The van der Waals surface area contributed by atoms with Crippen LogP contribution < -0.4 is 5.32 Å². The zero-order chi connectivity index (χ0) is 16.7. The molecule has 4 rings (SSSR count). The number of carbonyl (C=O) groups is 2. The normalized spacial score (nSPS) is 13.3. The average molecular weight is 333 g/mol. The van der Waals surface area contributed by atoms with E-state index in [1.807, 2.05) is 54.8 Å². The molecule has 0 aliphatic heterocycles. The van der Waals surface area contributed by atoms with Crippen molar-refractivity contribution in [2.45, 2.75) is 13.0 Å². The first-order chi connectivity index (χ1) is 11.6. The lowest BCUT2D eigenvalue weighted by Crippen LogP contribution is -2.26. The van der Waals surface area contributed by atoms with Crippen LogP contribution in [0.15, 0.2) is 60.0 Å². The van der Waals surface area contributed by atoms with Gasteiger partial charge in [-0.15, -0.1) is 11.3 Å². The van der Waals surface area contributed by atoms with Crippen molar-refractivity contribution >= 4 is 23.0 Å². The molecule has 0 saturated heterocycles. The second-order valence-corrected chi connectivity index (χ2v) is 6.82. The molecule has 1 atom stereocenters. The number of ketones is 1. The molecule has 0 fully saturated rings. The summed E-state index contributed by atoms with van der Waals surface area (Å²) in [6.07, 6.45) is 0. The van der Waals surface area contributed by atoms with E-state index in [2.05, 4.69) is 5.32 Å². The number of hydrogen-bond donors (Lipinski definition) is 1. The van der Waals surface area contributed by atoms with E-state index >= 15 is 0 Å². The van der Waals surface area contributed by atoms with Crippen molar-refractivity contribution in [1.29, 1.82) is 0 Å². The Morgan fingerprint density at radius 1 is 0.958 bits per heavy atom. The van der Waals surface area contributed by atoms with Crippen molar-refractivity contribution in [3.63, 3.8) is 0 Å². The van der Waals surface area contributed by atoms with Gasteiger partial charge in [0.05, 0.1) is 6.04 Å². The summed E-state index contributed by atoms with van der Waals surface area (Å²) in [5.74, 6) is -0.177. The summed E-state index contributed by atoms with van der Waals surface area (Å²) in [5, 5.41) is 4.98. The molecule has 0 bridgehead atoms. The van der Waals surface area contributed by atoms with E-state index in [0.717, 1.165) is 16.0 Å². The quantitative estimate of drug-likeness (QED) is 0.602. The maximum Gasteiger partial charge on any atom is 0.251 e. The Morgan fingerprint density at radius 2 is 1.71 bits per heavy atom. The number of carbonyl (C=O) groups excluding carboxylic acids is 2. The Morgan fingerprint density at radius 3 is 2.46 bits per heavy atom. The summed E-state index contributed by atoms with van der Waals surface area (Å²) in [7, 11) is 0. The summed E-state index contributed by atoms with van der Waals surface area (Å²) in [5.41, 5.74) is 3.66. The van der Waals surface area contributed by atoms with E-state index in [1.165, 1.54) is 0 Å². The Hall–Kier alpha value is -2.72. The van der Waals surface area contributed by atoms with Gasteiger partial charge in [-0.2, -0.15) is 0 Å². The molecule has 1 aliphatic carbocycles. The van der Waals surface area contributed by atoms with E-state index in [-0.39, 0.29) is 17.7 Å². The summed E-state index contributed by atoms with van der Waals surface area (Å²) in [6.45, 7) is 1.96. The van der Waals surface area contributed by atoms with Crippen LogP contribution in [0.4, 0.5) is 0 Å². The van der Waals surface area contributed by atoms with Gasteiger partial charge < -0.3 is 5.32 Å². The van der Waals surface area contributed by atoms with Gasteiger partial charge in [-0.3, -0.25) is 9.59 Å². The third kappa shape index (κ3) is 2.36. The van der Waals surface area contributed by atoms with Gasteiger partial charge in [0.2, 0.25) is 0 Å². The number of rotatable bonds is 3. The fourth-order valence-corrected chi connectivity index (χ4v) is 3.79. The molecule has 24 heavy (non-hydrogen) atoms. The smallest absolute Gasteiger partial charge is 0.251 e. The summed E-state index contributed by atoms with van der Waals surface area (Å²) < 4.78 is 0. The zero-order valence-electron chi connectivity index (χ0n) is 13.1. The number of benzene rings is 2. The molecule has 4 heteroatoms. The first-order valence-electron chi connectivity index (χ1n) is 7.77. The van der Waals surface area contributed by atoms with Gasteiger partial charge in [0.15, 0.2) is 5.78 Å². The molecule has 1 N–H and O–H groups in total. The first kappa shape index (κ1) is 14.8. The van der Waals surface area contributed by atoms with Gasteiger partial charge >= 0.3 is 0 Å². The third-order valence-corrected chi connectivity index (χ3v) is 5.36. The largest absolute Gasteiger partial charge is 0.345 e. The van der Waals surface area contributed by atoms with Gasteiger partial charge in [-0.05, 0) is 41.6 Å². The molecule has 1 unspecified atom stereocenters. The fraction of sp³-hybridized carbons (Fsp3) is 0.100. The molecule has 1 aromatic heterocycles. The van der Waals surface area contributed by atoms with Crippen LogP contribution in [0.1, 0.15) is 44.1 Å². The highest BCUT2D eigenvalue weighted by molar-refractivity contribution is 7.10. The zero-order valence-corrected chi connectivity index (χ0v) is 13.9. The summed E-state index contributed by atoms with van der Waals surface area (Å²) >= 11 is 1.61. The molecule has 2 aromatic carbocycles. The van der Waals surface area contributed by atoms with Crippen molar-refractivity contribution in [2.24, 2.45) is 0 Å². The van der Waals surface area contributed by atoms with E-state index < -0.39 is 0 Å². The minimum atomic E-state index is -0.164. The summed E-state index contributed by atoms with van der Waals surface area (Å²) in [4.78, 5) is 26.2. The third-order valence-electron chi connectivity index (χ3n) is 4.31. The van der Waals surface area contributed by atoms with Crippen LogP contribution in [0, 0.1) is 0 Å². The lowest BCUT2D eigenvalue weighted by Gasteiger charge is -2.12. The molecule has 1 amide bonds. The Bertz CT molecular complexity index is 944. The first-order valence-corrected chi connectivity index (χ1v) is 8.65. The van der Waals surface area contributed by atoms with Crippen molar-refractivity contribution in [1.82, 2.24) is 5.32 Å². The maximum atomic E-state index is 12.5. The van der Waals surface area contributed by atoms with Crippen molar-refractivity contribution < 1.29 is 9.59 Å². The van der Waals surface area contributed by atoms with E-state index in [1.54, 1.807) is 23.5 Å². The molecule has 1 aliphatic rings. The van der Waals surface area contributed by atoms with Crippen LogP contribution in [-0.4, -0.2) is 11.7 Å². The maximum absolute atomic E-state index is 12.5. The van der Waals surface area contributed by atoms with Crippen molar-refractivity contribution in [2.75, 3.05) is 0 Å². The Labute approximate surface area is 144 Å². The van der Waals surface area contributed by atoms with Gasteiger partial charge in [-0.1, -0.05) is 36.4 Å². The van der Waals surface area contributed by atoms with E-state index in [9.17, 15) is 9.59 Å². The molecule has 1 heterocycles. The lowest BCUT2D eigenvalue weighted by atomic mass is 10.0. The number of amides is 1. The highest BCUT2D eigenvalue weighted by Crippen LogP contribution is 2.36. The second-order valence-electron chi connectivity index (χ2n) is 5.85. The standard InChI is InChI=1S/C20H15NO2S/c1-12(18-7-4-10-24-18)21-20(23)13-8-9-15-14-5-2-3-6-16(14)19(22)17(15)11-13/h2-12H,1H3,(H,21,23). The Kier molecular flexibility index (Phi) is 3.54. The fourth-order valence-electron chi connectivity index (χ4n) is 3.06. The van der Waals surface area contributed by atoms with Gasteiger partial charge in [-0.25, -0.2) is 0 Å². The van der Waals surface area contributed by atoms with Gasteiger partial charge in [0, 0.05) is 21.6 Å². The minimum absolute atomic E-state index is 0.0124. The van der Waals surface area contributed by atoms with Gasteiger partial charge in [0.1, 0.15) is 0 Å². The highest BCUT2D eigenvalue weighted by Gasteiger charge is 2.27. The van der Waals surface area contributed by atoms with Gasteiger partial charge in [0.25, 0.3) is 5.91 Å². The average Bonchev–Trinajstić information content (AvgIpc) is 3.23. The van der Waals surface area contributed by atoms with Crippen LogP contribution in [0.25, 0.3) is 11.1 Å². The molecule has 3 aromatic rings. The predicted octanol–water partition coefficient (Wildman–Crippen LogP) is 4.45. The van der Waals surface area contributed by atoms with Crippen molar-refractivity contribution in [3.05, 3.63) is 81.5 Å². The Balaban J connectivity index is 1.63. The summed E-state index contributed by atoms with van der Waals surface area (Å²) in [6, 6.07) is 16.8. The van der Waals surface area contributed by atoms with Crippen LogP contribution in [-0.2, 0) is 0 Å². The molecule has 0 saturated carbocycles. The second kappa shape index (κ2) is 5.73. The van der Waals surface area contributed by atoms with E-state index in [0.29, 0.717) is 16.7 Å². The molecule has 0 spiro atoms. The van der Waals surface area contributed by atoms with Crippen LogP contribution >= 0.6 is 11.3 Å². The van der Waals surface area contributed by atoms with E-state index in [4.69, 9.17) is 0 Å². The van der Waals surface area contributed by atoms with Crippen LogP contribution in [0.3, 0.4) is 0 Å². The number of hydrogen-bond acceptors (Lipinski definition) is 3. The SMILES string of the molecule is CC(NC(=O)c1ccc2c(c1)C(=O)c1ccccc1-2)c1cccs1. The monoisotopic (exact) mass is 333 g/mol. The number of nitrogens with one attached hydrogen (secondary N) is 1. The topological polar surface area (TPSA) is 46.2 Å². The van der Waals surface area contributed by atoms with Crippen LogP contribution in [0.2, 0.25) is 0 Å².